The van der Waals surface area contributed by atoms with E-state index in [1.54, 1.807) is 12.1 Å². The molecule has 2 aromatic rings. The molecule has 0 fully saturated rings. The van der Waals surface area contributed by atoms with Crippen molar-refractivity contribution in [1.29, 1.82) is 0 Å². The number of nitro benzene ring substituents is 1. The van der Waals surface area contributed by atoms with Gasteiger partial charge in [-0.2, -0.15) is 5.10 Å². The van der Waals surface area contributed by atoms with E-state index in [1.165, 1.54) is 38.5 Å². The van der Waals surface area contributed by atoms with Gasteiger partial charge >= 0.3 is 0 Å². The number of hydrogen-bond donors (Lipinski definition) is 2. The number of amides is 1. The molecule has 25 heavy (non-hydrogen) atoms. The third kappa shape index (κ3) is 4.02. The highest BCUT2D eigenvalue weighted by molar-refractivity contribution is 5.97. The minimum atomic E-state index is -0.655. The van der Waals surface area contributed by atoms with E-state index in [0.29, 0.717) is 0 Å². The Balaban J connectivity index is 2.26. The number of nitrogens with zero attached hydrogens (tertiary/aromatic N) is 2. The highest BCUT2D eigenvalue weighted by Gasteiger charge is 2.18. The van der Waals surface area contributed by atoms with Crippen molar-refractivity contribution in [2.24, 2.45) is 5.10 Å². The molecule has 2 aromatic carbocycles. The van der Waals surface area contributed by atoms with Crippen LogP contribution in [0.2, 0.25) is 0 Å². The number of para-hydroxylation sites is 1. The first kappa shape index (κ1) is 17.7. The SMILES string of the molecule is COc1cc(C=NNC(=O)c2ccccc2O)c([N+](=O)[O-])cc1OC. The number of methoxy groups -OCH3 is 2. The van der Waals surface area contributed by atoms with Crippen LogP contribution in [0.15, 0.2) is 41.5 Å². The largest absolute Gasteiger partial charge is 0.507 e. The highest BCUT2D eigenvalue weighted by atomic mass is 16.6. The summed E-state index contributed by atoms with van der Waals surface area (Å²) in [6.45, 7) is 0. The van der Waals surface area contributed by atoms with Crippen LogP contribution in [0.4, 0.5) is 5.69 Å². The molecule has 0 aromatic heterocycles. The van der Waals surface area contributed by atoms with Gasteiger partial charge in [-0.25, -0.2) is 5.43 Å². The standard InChI is InChI=1S/C16H15N3O6/c1-24-14-7-10(12(19(22)23)8-15(14)25-2)9-17-18-16(21)11-5-3-4-6-13(11)20/h3-9,20H,1-2H3,(H,18,21). The van der Waals surface area contributed by atoms with Crippen LogP contribution in [-0.4, -0.2) is 36.4 Å². The van der Waals surface area contributed by atoms with Gasteiger partial charge in [-0.05, 0) is 18.2 Å². The normalized spacial score (nSPS) is 10.5. The molecule has 0 saturated heterocycles. The molecule has 9 heteroatoms. The Kier molecular flexibility index (Phi) is 5.51. The van der Waals surface area contributed by atoms with Crippen LogP contribution in [-0.2, 0) is 0 Å². The topological polar surface area (TPSA) is 123 Å². The Bertz CT molecular complexity index is 835. The van der Waals surface area contributed by atoms with Crippen LogP contribution < -0.4 is 14.9 Å². The summed E-state index contributed by atoms with van der Waals surface area (Å²) in [4.78, 5) is 22.5. The van der Waals surface area contributed by atoms with E-state index in [0.717, 1.165) is 6.21 Å². The molecule has 0 radical (unpaired) electrons. The minimum absolute atomic E-state index is 0.0291. The van der Waals surface area contributed by atoms with Crippen LogP contribution in [0, 0.1) is 10.1 Å². The molecule has 0 spiro atoms. The summed E-state index contributed by atoms with van der Waals surface area (Å²) in [7, 11) is 2.76. The number of aromatic hydroxyl groups is 1. The Morgan fingerprint density at radius 2 is 1.88 bits per heavy atom. The molecule has 0 aliphatic heterocycles. The Morgan fingerprint density at radius 1 is 1.24 bits per heavy atom. The van der Waals surface area contributed by atoms with Crippen LogP contribution >= 0.6 is 0 Å². The fraction of sp³-hybridized carbons (Fsp3) is 0.125. The zero-order valence-electron chi connectivity index (χ0n) is 13.4. The van der Waals surface area contributed by atoms with Crippen molar-refractivity contribution >= 4 is 17.8 Å². The van der Waals surface area contributed by atoms with Crippen molar-refractivity contribution in [3.8, 4) is 17.2 Å². The van der Waals surface area contributed by atoms with Crippen molar-refractivity contribution in [3.63, 3.8) is 0 Å². The molecule has 0 aliphatic rings. The molecule has 0 atom stereocenters. The zero-order valence-corrected chi connectivity index (χ0v) is 13.4. The number of nitro groups is 1. The van der Waals surface area contributed by atoms with Crippen LogP contribution in [0.5, 0.6) is 17.2 Å². The number of hydrogen-bond acceptors (Lipinski definition) is 7. The lowest BCUT2D eigenvalue weighted by atomic mass is 10.1. The van der Waals surface area contributed by atoms with Gasteiger partial charge < -0.3 is 14.6 Å². The average molecular weight is 345 g/mol. The van der Waals surface area contributed by atoms with Crippen molar-refractivity contribution in [2.75, 3.05) is 14.2 Å². The van der Waals surface area contributed by atoms with Gasteiger partial charge in [0.2, 0.25) is 0 Å². The van der Waals surface area contributed by atoms with Crippen LogP contribution in [0.25, 0.3) is 0 Å². The molecule has 2 rings (SSSR count). The second-order valence-corrected chi connectivity index (χ2v) is 4.74. The van der Waals surface area contributed by atoms with E-state index >= 15 is 0 Å². The van der Waals surface area contributed by atoms with E-state index in [9.17, 15) is 20.0 Å². The summed E-state index contributed by atoms with van der Waals surface area (Å²) in [6, 6.07) is 8.49. The first-order valence-electron chi connectivity index (χ1n) is 6.99. The van der Waals surface area contributed by atoms with Gasteiger partial charge in [-0.3, -0.25) is 14.9 Å². The van der Waals surface area contributed by atoms with Crippen molar-refractivity contribution < 1.29 is 24.3 Å². The maximum absolute atomic E-state index is 11.9. The summed E-state index contributed by atoms with van der Waals surface area (Å²) in [5.41, 5.74) is 2.07. The molecular formula is C16H15N3O6. The maximum Gasteiger partial charge on any atom is 0.282 e. The molecule has 0 bridgehead atoms. The number of carbonyl (C=O) groups excluding carboxylic acids is 1. The predicted molar refractivity (Wildman–Crippen MR) is 89.4 cm³/mol. The van der Waals surface area contributed by atoms with Gasteiger partial charge in [0, 0.05) is 0 Å². The summed E-state index contributed by atoms with van der Waals surface area (Å²) >= 11 is 0. The van der Waals surface area contributed by atoms with Gasteiger partial charge in [0.15, 0.2) is 11.5 Å². The zero-order chi connectivity index (χ0) is 18.4. The Labute approximate surface area is 142 Å². The number of benzene rings is 2. The van der Waals surface area contributed by atoms with Crippen molar-refractivity contribution in [2.45, 2.75) is 0 Å². The van der Waals surface area contributed by atoms with Gasteiger partial charge in [-0.1, -0.05) is 12.1 Å². The van der Waals surface area contributed by atoms with Crippen molar-refractivity contribution in [3.05, 3.63) is 57.6 Å². The average Bonchev–Trinajstić information content (AvgIpc) is 2.61. The molecule has 130 valence electrons. The fourth-order valence-corrected chi connectivity index (χ4v) is 2.03. The lowest BCUT2D eigenvalue weighted by Gasteiger charge is -2.08. The summed E-state index contributed by atoms with van der Waals surface area (Å²) in [6.07, 6.45) is 1.11. The number of phenols is 1. The molecule has 1 amide bonds. The van der Waals surface area contributed by atoms with E-state index in [2.05, 4.69) is 10.5 Å². The third-order valence-electron chi connectivity index (χ3n) is 3.25. The predicted octanol–water partition coefficient (Wildman–Crippen LogP) is 2.08. The van der Waals surface area contributed by atoms with Crippen LogP contribution in [0.1, 0.15) is 15.9 Å². The molecular weight excluding hydrogens is 330 g/mol. The minimum Gasteiger partial charge on any atom is -0.507 e. The molecule has 0 aliphatic carbocycles. The number of nitrogens with one attached hydrogen (secondary N) is 1. The monoisotopic (exact) mass is 345 g/mol. The van der Waals surface area contributed by atoms with E-state index in [4.69, 9.17) is 9.47 Å². The van der Waals surface area contributed by atoms with Gasteiger partial charge in [0.25, 0.3) is 11.6 Å². The Hall–Kier alpha value is -3.62. The molecule has 0 heterocycles. The van der Waals surface area contributed by atoms with Crippen molar-refractivity contribution in [1.82, 2.24) is 5.43 Å². The first-order chi connectivity index (χ1) is 12.0. The van der Waals surface area contributed by atoms with Gasteiger partial charge in [0.05, 0.1) is 42.6 Å². The molecule has 0 saturated carbocycles. The summed E-state index contributed by atoms with van der Waals surface area (Å²) < 4.78 is 10.1. The number of ether oxygens (including phenoxy) is 2. The van der Waals surface area contributed by atoms with E-state index < -0.39 is 10.8 Å². The first-order valence-corrected chi connectivity index (χ1v) is 6.99. The lowest BCUT2D eigenvalue weighted by Crippen LogP contribution is -2.17. The number of hydrazone groups is 1. The van der Waals surface area contributed by atoms with Gasteiger partial charge in [0.1, 0.15) is 5.75 Å². The smallest absolute Gasteiger partial charge is 0.282 e. The maximum atomic E-state index is 11.9. The number of carbonyl (C=O) groups is 1. The summed E-state index contributed by atoms with van der Waals surface area (Å²) in [5, 5.41) is 24.5. The lowest BCUT2D eigenvalue weighted by molar-refractivity contribution is -0.385. The number of phenolic OH excluding ortho intramolecular Hbond substituents is 1. The quantitative estimate of drug-likeness (QED) is 0.469. The second-order valence-electron chi connectivity index (χ2n) is 4.74. The molecule has 9 nitrogen and oxygen atoms in total. The van der Waals surface area contributed by atoms with E-state index in [-0.39, 0.29) is 34.1 Å². The molecule has 2 N–H and O–H groups in total. The second kappa shape index (κ2) is 7.77. The van der Waals surface area contributed by atoms with Gasteiger partial charge in [-0.15, -0.1) is 0 Å². The third-order valence-corrected chi connectivity index (χ3v) is 3.25. The van der Waals surface area contributed by atoms with Crippen LogP contribution in [0.3, 0.4) is 0 Å². The Morgan fingerprint density at radius 3 is 2.48 bits per heavy atom. The highest BCUT2D eigenvalue weighted by Crippen LogP contribution is 2.33. The van der Waals surface area contributed by atoms with E-state index in [1.807, 2.05) is 0 Å². The molecule has 0 unspecified atom stereocenters. The summed E-state index contributed by atoms with van der Waals surface area (Å²) in [5.74, 6) is -0.379. The number of rotatable bonds is 6. The fourth-order valence-electron chi connectivity index (χ4n) is 2.03.